The zero-order chi connectivity index (χ0) is 24.3. The van der Waals surface area contributed by atoms with Gasteiger partial charge >= 0.3 is 10.3 Å². The normalized spacial score (nSPS) is 19.2. The van der Waals surface area contributed by atoms with Crippen LogP contribution in [0.15, 0.2) is 30.9 Å². The minimum Gasteiger partial charge on any atom is -0.378 e. The second-order valence-electron chi connectivity index (χ2n) is 8.75. The second-order valence-corrected chi connectivity index (χ2v) is 10.4. The van der Waals surface area contributed by atoms with Gasteiger partial charge in [-0.15, -0.1) is 6.58 Å². The molecule has 2 rings (SSSR count). The van der Waals surface area contributed by atoms with Gasteiger partial charge in [0.1, 0.15) is 5.75 Å². The maximum atomic E-state index is 13.3. The van der Waals surface area contributed by atoms with Crippen LogP contribution in [0, 0.1) is 11.6 Å². The van der Waals surface area contributed by atoms with Crippen molar-refractivity contribution in [1.82, 2.24) is 9.21 Å². The lowest BCUT2D eigenvalue weighted by molar-refractivity contribution is 0.0152. The van der Waals surface area contributed by atoms with E-state index < -0.39 is 21.9 Å². The molecule has 0 N–H and O–H groups in total. The van der Waals surface area contributed by atoms with Gasteiger partial charge in [-0.3, -0.25) is 0 Å². The van der Waals surface area contributed by atoms with E-state index in [-0.39, 0.29) is 17.9 Å². The van der Waals surface area contributed by atoms with Gasteiger partial charge in [-0.2, -0.15) is 12.7 Å². The monoisotopic (exact) mass is 488 g/mol. The number of halogens is 2. The van der Waals surface area contributed by atoms with E-state index >= 15 is 0 Å². The summed E-state index contributed by atoms with van der Waals surface area (Å²) in [4.78, 5) is 2.27. The summed E-state index contributed by atoms with van der Waals surface area (Å²) in [6, 6.07) is 2.45. The summed E-state index contributed by atoms with van der Waals surface area (Å²) >= 11 is 0. The molecule has 0 amide bonds. The standard InChI is InChI=1S/C24H38F2N2O4S/c1-4-16-27(2)17-8-6-5-7-9-18-31-21-12-10-20(11-13-21)28(3)33(29,30)32-22-14-15-23(25)24(26)19-22/h4,14-15,19-21H,1,5-13,16-18H2,2-3H3. The first-order valence-corrected chi connectivity index (χ1v) is 13.1. The summed E-state index contributed by atoms with van der Waals surface area (Å²) in [5.41, 5.74) is 0. The molecular formula is C24H38F2N2O4S. The van der Waals surface area contributed by atoms with Crippen LogP contribution in [0.3, 0.4) is 0 Å². The number of rotatable bonds is 15. The van der Waals surface area contributed by atoms with E-state index in [0.717, 1.165) is 63.6 Å². The number of hydrogen-bond donors (Lipinski definition) is 0. The first-order chi connectivity index (χ1) is 15.7. The maximum absolute atomic E-state index is 13.3. The van der Waals surface area contributed by atoms with Gasteiger partial charge in [0.05, 0.1) is 6.10 Å². The molecule has 0 unspecified atom stereocenters. The third-order valence-electron chi connectivity index (χ3n) is 6.08. The largest absolute Gasteiger partial charge is 0.385 e. The Morgan fingerprint density at radius 3 is 2.36 bits per heavy atom. The van der Waals surface area contributed by atoms with E-state index in [2.05, 4.69) is 18.5 Å². The first kappa shape index (κ1) is 27.7. The van der Waals surface area contributed by atoms with E-state index in [0.29, 0.717) is 12.8 Å². The number of likely N-dealkylation sites (N-methyl/N-ethyl adjacent to an activating group) is 1. The number of benzene rings is 1. The van der Waals surface area contributed by atoms with Gasteiger partial charge in [0.25, 0.3) is 0 Å². The fourth-order valence-corrected chi connectivity index (χ4v) is 5.08. The Kier molecular flexibility index (Phi) is 11.7. The number of ether oxygens (including phenoxy) is 1. The van der Waals surface area contributed by atoms with Crippen molar-refractivity contribution in [2.75, 3.05) is 33.8 Å². The molecule has 1 saturated carbocycles. The smallest absolute Gasteiger partial charge is 0.378 e. The van der Waals surface area contributed by atoms with Gasteiger partial charge in [0.2, 0.25) is 0 Å². The Labute approximate surface area is 197 Å². The molecule has 1 aliphatic carbocycles. The lowest BCUT2D eigenvalue weighted by Crippen LogP contribution is -2.42. The Morgan fingerprint density at radius 2 is 1.70 bits per heavy atom. The summed E-state index contributed by atoms with van der Waals surface area (Å²) in [5, 5.41) is 0. The Hall–Kier alpha value is -1.55. The molecule has 0 bridgehead atoms. The van der Waals surface area contributed by atoms with Crippen molar-refractivity contribution in [2.24, 2.45) is 0 Å². The van der Waals surface area contributed by atoms with Gasteiger partial charge in [0, 0.05) is 32.3 Å². The highest BCUT2D eigenvalue weighted by Gasteiger charge is 2.32. The van der Waals surface area contributed by atoms with Crippen LogP contribution in [0.25, 0.3) is 0 Å². The van der Waals surface area contributed by atoms with Crippen LogP contribution in [-0.4, -0.2) is 63.6 Å². The molecule has 0 radical (unpaired) electrons. The molecule has 1 fully saturated rings. The number of unbranched alkanes of at least 4 members (excludes halogenated alkanes) is 4. The minimum atomic E-state index is -4.11. The second kappa shape index (κ2) is 14.0. The number of nitrogens with zero attached hydrogens (tertiary/aromatic N) is 2. The predicted molar refractivity (Wildman–Crippen MR) is 126 cm³/mol. The summed E-state index contributed by atoms with van der Waals surface area (Å²) in [6.07, 6.45) is 10.8. The molecular weight excluding hydrogens is 450 g/mol. The maximum Gasteiger partial charge on any atom is 0.385 e. The molecule has 0 aliphatic heterocycles. The van der Waals surface area contributed by atoms with E-state index in [9.17, 15) is 17.2 Å². The molecule has 9 heteroatoms. The summed E-state index contributed by atoms with van der Waals surface area (Å²) in [7, 11) is -0.543. The van der Waals surface area contributed by atoms with Crippen LogP contribution in [-0.2, 0) is 15.0 Å². The van der Waals surface area contributed by atoms with Gasteiger partial charge in [-0.1, -0.05) is 25.3 Å². The summed E-state index contributed by atoms with van der Waals surface area (Å²) < 4.78 is 63.6. The van der Waals surface area contributed by atoms with Gasteiger partial charge in [-0.25, -0.2) is 8.78 Å². The fourth-order valence-electron chi connectivity index (χ4n) is 4.04. The van der Waals surface area contributed by atoms with Crippen LogP contribution in [0.4, 0.5) is 8.78 Å². The molecule has 1 aromatic rings. The van der Waals surface area contributed by atoms with Crippen molar-refractivity contribution in [3.8, 4) is 5.75 Å². The third kappa shape index (κ3) is 9.68. The summed E-state index contributed by atoms with van der Waals surface area (Å²) in [6.45, 7) is 6.51. The molecule has 33 heavy (non-hydrogen) atoms. The van der Waals surface area contributed by atoms with Crippen molar-refractivity contribution in [2.45, 2.75) is 69.9 Å². The van der Waals surface area contributed by atoms with E-state index in [1.54, 1.807) is 0 Å². The SMILES string of the molecule is C=CCN(C)CCCCCCCOC1CCC(N(C)S(=O)(=O)Oc2ccc(F)c(F)c2)CC1. The Balaban J connectivity index is 1.61. The van der Waals surface area contributed by atoms with Gasteiger partial charge in [-0.05, 0) is 64.3 Å². The van der Waals surface area contributed by atoms with E-state index in [4.69, 9.17) is 8.92 Å². The summed E-state index contributed by atoms with van der Waals surface area (Å²) in [5.74, 6) is -2.46. The fraction of sp³-hybridized carbons (Fsp3) is 0.667. The molecule has 0 aromatic heterocycles. The van der Waals surface area contributed by atoms with Gasteiger partial charge in [0.15, 0.2) is 11.6 Å². The highest BCUT2D eigenvalue weighted by Crippen LogP contribution is 2.27. The lowest BCUT2D eigenvalue weighted by atomic mass is 9.93. The van der Waals surface area contributed by atoms with Crippen molar-refractivity contribution in [1.29, 1.82) is 0 Å². The molecule has 0 spiro atoms. The Morgan fingerprint density at radius 1 is 1.03 bits per heavy atom. The highest BCUT2D eigenvalue weighted by molar-refractivity contribution is 7.84. The first-order valence-electron chi connectivity index (χ1n) is 11.8. The molecule has 188 valence electrons. The van der Waals surface area contributed by atoms with Crippen molar-refractivity contribution < 1.29 is 26.1 Å². The van der Waals surface area contributed by atoms with Gasteiger partial charge < -0.3 is 13.8 Å². The highest BCUT2D eigenvalue weighted by atomic mass is 32.2. The predicted octanol–water partition coefficient (Wildman–Crippen LogP) is 4.92. The molecule has 1 aromatic carbocycles. The molecule has 0 saturated heterocycles. The molecule has 6 nitrogen and oxygen atoms in total. The van der Waals surface area contributed by atoms with E-state index in [1.165, 1.54) is 30.6 Å². The van der Waals surface area contributed by atoms with Crippen LogP contribution in [0.1, 0.15) is 57.8 Å². The van der Waals surface area contributed by atoms with Crippen molar-refractivity contribution in [3.63, 3.8) is 0 Å². The van der Waals surface area contributed by atoms with Crippen LogP contribution >= 0.6 is 0 Å². The molecule has 0 atom stereocenters. The topological polar surface area (TPSA) is 59.1 Å². The molecule has 1 aliphatic rings. The average molecular weight is 489 g/mol. The van der Waals surface area contributed by atoms with Crippen LogP contribution in [0.5, 0.6) is 5.75 Å². The minimum absolute atomic E-state index is 0.150. The van der Waals surface area contributed by atoms with E-state index in [1.807, 2.05) is 6.08 Å². The van der Waals surface area contributed by atoms with Crippen LogP contribution < -0.4 is 4.18 Å². The lowest BCUT2D eigenvalue weighted by Gasteiger charge is -2.33. The zero-order valence-corrected chi connectivity index (χ0v) is 20.7. The van der Waals surface area contributed by atoms with Crippen molar-refractivity contribution in [3.05, 3.63) is 42.5 Å². The quantitative estimate of drug-likeness (QED) is 0.259. The van der Waals surface area contributed by atoms with Crippen molar-refractivity contribution >= 4 is 10.3 Å². The average Bonchev–Trinajstić information content (AvgIpc) is 2.78. The Bertz CT molecular complexity index is 830. The third-order valence-corrected chi connectivity index (χ3v) is 7.49. The van der Waals surface area contributed by atoms with Crippen LogP contribution in [0.2, 0.25) is 0 Å². The molecule has 0 heterocycles. The zero-order valence-electron chi connectivity index (χ0n) is 19.8. The number of hydrogen-bond acceptors (Lipinski definition) is 5.